The highest BCUT2D eigenvalue weighted by molar-refractivity contribution is 5.82. The number of carbonyl (C=O) groups is 1. The van der Waals surface area contributed by atoms with Crippen LogP contribution in [0.3, 0.4) is 0 Å². The van der Waals surface area contributed by atoms with Crippen molar-refractivity contribution in [3.63, 3.8) is 0 Å². The van der Waals surface area contributed by atoms with Gasteiger partial charge >= 0.3 is 0 Å². The van der Waals surface area contributed by atoms with Crippen molar-refractivity contribution in [2.45, 2.75) is 32.0 Å². The molecule has 25 heavy (non-hydrogen) atoms. The summed E-state index contributed by atoms with van der Waals surface area (Å²) in [5, 5.41) is 12.5. The number of aryl methyl sites for hydroxylation is 1. The first-order valence-electron chi connectivity index (χ1n) is 8.27. The Hall–Kier alpha value is -2.74. The number of rotatable bonds is 4. The Morgan fingerprint density at radius 2 is 2.24 bits per heavy atom. The molecule has 0 saturated carbocycles. The predicted octanol–water partition coefficient (Wildman–Crippen LogP) is 1.45. The van der Waals surface area contributed by atoms with Gasteiger partial charge in [-0.15, -0.1) is 0 Å². The van der Waals surface area contributed by atoms with Crippen LogP contribution >= 0.6 is 0 Å². The lowest BCUT2D eigenvalue weighted by Crippen LogP contribution is -2.35. The van der Waals surface area contributed by atoms with Crippen LogP contribution in [0.25, 0.3) is 10.9 Å². The maximum Gasteiger partial charge on any atom is 0.245 e. The van der Waals surface area contributed by atoms with Crippen molar-refractivity contribution < 1.29 is 9.53 Å². The summed E-state index contributed by atoms with van der Waals surface area (Å²) in [5.41, 5.74) is 0.948. The van der Waals surface area contributed by atoms with Crippen molar-refractivity contribution >= 4 is 16.8 Å². The van der Waals surface area contributed by atoms with E-state index in [0.29, 0.717) is 18.8 Å². The first-order chi connectivity index (χ1) is 12.2. The molecule has 1 fully saturated rings. The number of hydrogen-bond donors (Lipinski definition) is 1. The smallest absolute Gasteiger partial charge is 0.245 e. The van der Waals surface area contributed by atoms with Crippen molar-refractivity contribution in [3.05, 3.63) is 42.1 Å². The molecule has 2 aromatic heterocycles. The molecule has 0 bridgehead atoms. The van der Waals surface area contributed by atoms with Gasteiger partial charge in [-0.2, -0.15) is 10.2 Å². The van der Waals surface area contributed by atoms with Crippen molar-refractivity contribution in [1.82, 2.24) is 29.9 Å². The van der Waals surface area contributed by atoms with Crippen LogP contribution in [-0.4, -0.2) is 55.5 Å². The third kappa shape index (κ3) is 2.89. The fraction of sp³-hybridized carbons (Fsp3) is 0.412. The number of ether oxygens (including phenoxy) is 1. The van der Waals surface area contributed by atoms with Gasteiger partial charge in [0.1, 0.15) is 12.4 Å². The Kier molecular flexibility index (Phi) is 3.96. The number of likely N-dealkylation sites (tertiary alicyclic amines) is 1. The average molecular weight is 340 g/mol. The number of fused-ring (bicyclic) bond motifs is 1. The van der Waals surface area contributed by atoms with Crippen LogP contribution in [0.5, 0.6) is 0 Å². The van der Waals surface area contributed by atoms with E-state index in [1.165, 1.54) is 0 Å². The monoisotopic (exact) mass is 340 g/mol. The van der Waals surface area contributed by atoms with E-state index in [0.717, 1.165) is 16.7 Å². The zero-order valence-corrected chi connectivity index (χ0v) is 14.2. The van der Waals surface area contributed by atoms with E-state index in [4.69, 9.17) is 4.74 Å². The molecule has 130 valence electrons. The second kappa shape index (κ2) is 6.29. The van der Waals surface area contributed by atoms with Crippen LogP contribution in [0.1, 0.15) is 24.1 Å². The number of para-hydroxylation sites is 1. The summed E-state index contributed by atoms with van der Waals surface area (Å²) in [4.78, 5) is 19.2. The molecular weight excluding hydrogens is 320 g/mol. The maximum absolute atomic E-state index is 13.0. The van der Waals surface area contributed by atoms with Gasteiger partial charge in [-0.25, -0.2) is 4.98 Å². The standard InChI is InChI=1S/C17H20N6O2/c1-11-19-17(21-20-11)15-7-13(25-2)9-22(15)16(24)10-23-14-6-4-3-5-12(14)8-18-23/h3-6,8,13,15H,7,9-10H2,1-2H3,(H,19,20,21)/t13-,15+/m1/s1. The Morgan fingerprint density at radius 3 is 3.00 bits per heavy atom. The summed E-state index contributed by atoms with van der Waals surface area (Å²) >= 11 is 0. The maximum atomic E-state index is 13.0. The lowest BCUT2D eigenvalue weighted by Gasteiger charge is -2.22. The highest BCUT2D eigenvalue weighted by Gasteiger charge is 2.38. The van der Waals surface area contributed by atoms with Crippen molar-refractivity contribution in [1.29, 1.82) is 0 Å². The SMILES string of the molecule is CO[C@@H]1C[C@@H](c2n[nH]c(C)n2)N(C(=O)Cn2ncc3ccccc32)C1. The molecule has 1 aliphatic rings. The Morgan fingerprint density at radius 1 is 1.40 bits per heavy atom. The van der Waals surface area contributed by atoms with E-state index in [2.05, 4.69) is 20.3 Å². The normalized spacial score (nSPS) is 20.5. The minimum Gasteiger partial charge on any atom is -0.380 e. The molecule has 0 radical (unpaired) electrons. The fourth-order valence-electron chi connectivity index (χ4n) is 3.37. The number of methoxy groups -OCH3 is 1. The van der Waals surface area contributed by atoms with Crippen LogP contribution in [0, 0.1) is 6.92 Å². The zero-order valence-electron chi connectivity index (χ0n) is 14.2. The molecule has 1 N–H and O–H groups in total. The van der Waals surface area contributed by atoms with Gasteiger partial charge in [0.2, 0.25) is 5.91 Å². The highest BCUT2D eigenvalue weighted by Crippen LogP contribution is 2.31. The molecule has 1 saturated heterocycles. The third-order valence-electron chi connectivity index (χ3n) is 4.67. The molecule has 3 aromatic rings. The quantitative estimate of drug-likeness (QED) is 0.776. The molecule has 8 heteroatoms. The Labute approximate surface area is 144 Å². The van der Waals surface area contributed by atoms with Gasteiger partial charge in [0.15, 0.2) is 5.82 Å². The third-order valence-corrected chi connectivity index (χ3v) is 4.67. The van der Waals surface area contributed by atoms with E-state index in [-0.39, 0.29) is 24.6 Å². The number of nitrogens with zero attached hydrogens (tertiary/aromatic N) is 5. The fourth-order valence-corrected chi connectivity index (χ4v) is 3.37. The number of aromatic nitrogens is 5. The average Bonchev–Trinajstić information content (AvgIpc) is 3.33. The topological polar surface area (TPSA) is 88.9 Å². The molecule has 0 unspecified atom stereocenters. The minimum absolute atomic E-state index is 0.0119. The van der Waals surface area contributed by atoms with Gasteiger partial charge in [-0.1, -0.05) is 18.2 Å². The number of nitrogens with one attached hydrogen (secondary N) is 1. The number of H-pyrrole nitrogens is 1. The molecule has 8 nitrogen and oxygen atoms in total. The molecule has 2 atom stereocenters. The van der Waals surface area contributed by atoms with Crippen LogP contribution in [-0.2, 0) is 16.1 Å². The van der Waals surface area contributed by atoms with Gasteiger partial charge in [0.25, 0.3) is 0 Å². The van der Waals surface area contributed by atoms with Crippen LogP contribution in [0.4, 0.5) is 0 Å². The van der Waals surface area contributed by atoms with Crippen LogP contribution in [0.15, 0.2) is 30.5 Å². The number of carbonyl (C=O) groups excluding carboxylic acids is 1. The molecule has 0 spiro atoms. The lowest BCUT2D eigenvalue weighted by atomic mass is 10.2. The van der Waals surface area contributed by atoms with Crippen molar-refractivity contribution in [3.8, 4) is 0 Å². The van der Waals surface area contributed by atoms with Crippen molar-refractivity contribution in [2.24, 2.45) is 0 Å². The Balaban J connectivity index is 1.58. The van der Waals surface area contributed by atoms with Crippen LogP contribution < -0.4 is 0 Å². The second-order valence-corrected chi connectivity index (χ2v) is 6.30. The number of hydrogen-bond acceptors (Lipinski definition) is 5. The molecule has 4 rings (SSSR count). The summed E-state index contributed by atoms with van der Waals surface area (Å²) in [5.74, 6) is 1.36. The number of aromatic amines is 1. The highest BCUT2D eigenvalue weighted by atomic mass is 16.5. The van der Waals surface area contributed by atoms with E-state index in [1.54, 1.807) is 22.9 Å². The summed E-state index contributed by atoms with van der Waals surface area (Å²) in [6, 6.07) is 7.68. The number of amides is 1. The second-order valence-electron chi connectivity index (χ2n) is 6.30. The summed E-state index contributed by atoms with van der Waals surface area (Å²) in [6.07, 6.45) is 2.46. The molecular formula is C17H20N6O2. The van der Waals surface area contributed by atoms with E-state index in [9.17, 15) is 4.79 Å². The molecule has 0 aliphatic carbocycles. The van der Waals surface area contributed by atoms with Gasteiger partial charge in [0, 0.05) is 25.5 Å². The summed E-state index contributed by atoms with van der Waals surface area (Å²) in [7, 11) is 1.67. The zero-order chi connectivity index (χ0) is 17.4. The molecule has 3 heterocycles. The molecule has 1 aromatic carbocycles. The van der Waals surface area contributed by atoms with E-state index in [1.807, 2.05) is 31.2 Å². The van der Waals surface area contributed by atoms with E-state index >= 15 is 0 Å². The van der Waals surface area contributed by atoms with Crippen molar-refractivity contribution in [2.75, 3.05) is 13.7 Å². The van der Waals surface area contributed by atoms with Gasteiger partial charge in [-0.3, -0.25) is 14.6 Å². The predicted molar refractivity (Wildman–Crippen MR) is 90.7 cm³/mol. The Bertz CT molecular complexity index is 901. The molecule has 1 amide bonds. The lowest BCUT2D eigenvalue weighted by molar-refractivity contribution is -0.133. The van der Waals surface area contributed by atoms with Gasteiger partial charge in [0.05, 0.1) is 23.9 Å². The van der Waals surface area contributed by atoms with Gasteiger partial charge in [-0.05, 0) is 13.0 Å². The largest absolute Gasteiger partial charge is 0.380 e. The first-order valence-corrected chi connectivity index (χ1v) is 8.27. The molecule has 1 aliphatic heterocycles. The van der Waals surface area contributed by atoms with Crippen LogP contribution in [0.2, 0.25) is 0 Å². The van der Waals surface area contributed by atoms with E-state index < -0.39 is 0 Å². The summed E-state index contributed by atoms with van der Waals surface area (Å²) < 4.78 is 7.21. The summed E-state index contributed by atoms with van der Waals surface area (Å²) in [6.45, 7) is 2.57. The number of benzene rings is 1. The first kappa shape index (κ1) is 15.8. The van der Waals surface area contributed by atoms with Gasteiger partial charge < -0.3 is 9.64 Å². The minimum atomic E-state index is -0.177.